The van der Waals surface area contributed by atoms with Gasteiger partial charge in [-0.25, -0.2) is 0 Å². The highest BCUT2D eigenvalue weighted by atomic mass is 79.9. The summed E-state index contributed by atoms with van der Waals surface area (Å²) in [6, 6.07) is 2.80. The molecule has 0 saturated heterocycles. The molecule has 1 aliphatic carbocycles. The zero-order valence-corrected chi connectivity index (χ0v) is 18.6. The molecule has 0 unspecified atom stereocenters. The molecule has 9 heteroatoms. The Morgan fingerprint density at radius 3 is 2.34 bits per heavy atom. The Morgan fingerprint density at radius 2 is 1.93 bits per heavy atom. The summed E-state index contributed by atoms with van der Waals surface area (Å²) in [5, 5.41) is 17.7. The van der Waals surface area contributed by atoms with Crippen molar-refractivity contribution in [3.63, 3.8) is 0 Å². The van der Waals surface area contributed by atoms with E-state index in [0.717, 1.165) is 12.8 Å². The molecule has 1 aromatic carbocycles. The number of hydrogen-bond donors (Lipinski definition) is 5. The zero-order chi connectivity index (χ0) is 22.2. The molecule has 2 rings (SSSR count). The predicted octanol–water partition coefficient (Wildman–Crippen LogP) is 2.78. The Bertz CT molecular complexity index is 610. The molecule has 0 aromatic heterocycles. The fraction of sp³-hybridized carbons (Fsp3) is 0.600. The van der Waals surface area contributed by atoms with Crippen molar-refractivity contribution in [3.05, 3.63) is 22.2 Å². The fourth-order valence-electron chi connectivity index (χ4n) is 2.58. The van der Waals surface area contributed by atoms with Crippen molar-refractivity contribution in [3.8, 4) is 11.5 Å². The average molecular weight is 476 g/mol. The third kappa shape index (κ3) is 12.5. The van der Waals surface area contributed by atoms with E-state index in [4.69, 9.17) is 27.0 Å². The van der Waals surface area contributed by atoms with Crippen molar-refractivity contribution >= 4 is 28.2 Å². The molecule has 1 aliphatic rings. The highest BCUT2D eigenvalue weighted by Gasteiger charge is 2.09. The average Bonchev–Trinajstić information content (AvgIpc) is 2.71. The van der Waals surface area contributed by atoms with Crippen LogP contribution in [0, 0.1) is 0 Å². The number of benzene rings is 1. The predicted molar refractivity (Wildman–Crippen MR) is 117 cm³/mol. The number of nitrogens with two attached hydrogens (primary N) is 3. The molecule has 0 amide bonds. The van der Waals surface area contributed by atoms with Crippen LogP contribution < -0.4 is 21.9 Å². The molecule has 29 heavy (non-hydrogen) atoms. The number of rotatable bonds is 7. The summed E-state index contributed by atoms with van der Waals surface area (Å²) in [5.74, 6) is -0.647. The van der Waals surface area contributed by atoms with Crippen LogP contribution in [0.25, 0.3) is 0 Å². The third-order valence-corrected chi connectivity index (χ3v) is 4.95. The first kappa shape index (κ1) is 27.3. The SMILES string of the molecule is COc1cc(C=O)cc(Br)c1O.NC1CCCCC1.NCCCC[C@H](N)C(=O)O. The van der Waals surface area contributed by atoms with Gasteiger partial charge in [0.15, 0.2) is 11.5 Å². The van der Waals surface area contributed by atoms with E-state index < -0.39 is 12.0 Å². The monoisotopic (exact) mass is 475 g/mol. The number of carbonyl (C=O) groups is 2. The third-order valence-electron chi connectivity index (χ3n) is 4.34. The van der Waals surface area contributed by atoms with Gasteiger partial charge in [-0.2, -0.15) is 0 Å². The van der Waals surface area contributed by atoms with Gasteiger partial charge in [-0.15, -0.1) is 0 Å². The number of aliphatic carboxylic acids is 1. The van der Waals surface area contributed by atoms with Crippen LogP contribution in [-0.2, 0) is 4.79 Å². The number of phenols is 1. The number of carbonyl (C=O) groups excluding carboxylic acids is 1. The minimum atomic E-state index is -0.933. The lowest BCUT2D eigenvalue weighted by Gasteiger charge is -2.15. The molecular formula is C20H34BrN3O5. The quantitative estimate of drug-likeness (QED) is 0.296. The summed E-state index contributed by atoms with van der Waals surface area (Å²) in [6.07, 6.45) is 9.51. The molecule has 8 nitrogen and oxygen atoms in total. The minimum absolute atomic E-state index is 0.00287. The molecule has 0 radical (unpaired) electrons. The fourth-order valence-corrected chi connectivity index (χ4v) is 3.04. The second kappa shape index (κ2) is 16.2. The van der Waals surface area contributed by atoms with Crippen LogP contribution in [0.2, 0.25) is 0 Å². The number of phenolic OH excluding ortho intramolecular Hbond substituents is 1. The van der Waals surface area contributed by atoms with Gasteiger partial charge in [-0.3, -0.25) is 9.59 Å². The molecule has 1 atom stereocenters. The summed E-state index contributed by atoms with van der Waals surface area (Å²) in [7, 11) is 1.43. The lowest BCUT2D eigenvalue weighted by atomic mass is 9.97. The maximum absolute atomic E-state index is 10.4. The Labute approximate surface area is 180 Å². The Hall–Kier alpha value is -1.68. The van der Waals surface area contributed by atoms with E-state index in [2.05, 4.69) is 15.9 Å². The van der Waals surface area contributed by atoms with Crippen molar-refractivity contribution in [2.45, 2.75) is 63.5 Å². The first-order chi connectivity index (χ1) is 13.8. The number of hydrogen-bond acceptors (Lipinski definition) is 7. The van der Waals surface area contributed by atoms with Gasteiger partial charge >= 0.3 is 5.97 Å². The molecule has 0 bridgehead atoms. The number of ether oxygens (including phenoxy) is 1. The van der Waals surface area contributed by atoms with Gasteiger partial charge in [0.1, 0.15) is 12.3 Å². The van der Waals surface area contributed by atoms with E-state index in [1.54, 1.807) is 0 Å². The first-order valence-electron chi connectivity index (χ1n) is 9.72. The van der Waals surface area contributed by atoms with Gasteiger partial charge in [0.2, 0.25) is 0 Å². The van der Waals surface area contributed by atoms with Crippen molar-refractivity contribution < 1.29 is 24.5 Å². The molecule has 1 fully saturated rings. The van der Waals surface area contributed by atoms with E-state index >= 15 is 0 Å². The van der Waals surface area contributed by atoms with E-state index in [1.165, 1.54) is 51.3 Å². The van der Waals surface area contributed by atoms with Crippen LogP contribution >= 0.6 is 15.9 Å². The maximum atomic E-state index is 10.4. The maximum Gasteiger partial charge on any atom is 0.320 e. The second-order valence-corrected chi connectivity index (χ2v) is 7.65. The van der Waals surface area contributed by atoms with E-state index in [1.807, 2.05) is 0 Å². The van der Waals surface area contributed by atoms with Crippen LogP contribution in [-0.4, -0.2) is 48.2 Å². The highest BCUT2D eigenvalue weighted by Crippen LogP contribution is 2.34. The Morgan fingerprint density at radius 1 is 1.31 bits per heavy atom. The zero-order valence-electron chi connectivity index (χ0n) is 17.0. The number of methoxy groups -OCH3 is 1. The normalized spacial score (nSPS) is 14.5. The lowest BCUT2D eigenvalue weighted by Crippen LogP contribution is -2.29. The number of aldehydes is 1. The molecule has 1 saturated carbocycles. The summed E-state index contributed by atoms with van der Waals surface area (Å²) >= 11 is 3.09. The van der Waals surface area contributed by atoms with Crippen LogP contribution in [0.1, 0.15) is 61.7 Å². The molecule has 0 heterocycles. The highest BCUT2D eigenvalue weighted by molar-refractivity contribution is 9.10. The number of carboxylic acids is 1. The first-order valence-corrected chi connectivity index (χ1v) is 10.5. The van der Waals surface area contributed by atoms with Crippen molar-refractivity contribution in [1.29, 1.82) is 0 Å². The standard InChI is InChI=1S/C8H7BrO3.C6H14N2O2.C6H13N/c1-12-7-3-5(4-10)2-6(9)8(7)11;7-4-2-1-3-5(8)6(9)10;7-6-4-2-1-3-5-6/h2-4,11H,1H3;5H,1-4,7-8H2,(H,9,10);6H,1-5,7H2/t;5-;/m.0./s1. The molecule has 1 aromatic rings. The number of unbranched alkanes of at least 4 members (excludes halogenated alkanes) is 1. The summed E-state index contributed by atoms with van der Waals surface area (Å²) in [4.78, 5) is 20.5. The molecular weight excluding hydrogens is 442 g/mol. The van der Waals surface area contributed by atoms with Gasteiger partial charge in [0.25, 0.3) is 0 Å². The smallest absolute Gasteiger partial charge is 0.320 e. The number of aromatic hydroxyl groups is 1. The van der Waals surface area contributed by atoms with Crippen LogP contribution in [0.4, 0.5) is 0 Å². The van der Waals surface area contributed by atoms with E-state index in [-0.39, 0.29) is 11.5 Å². The van der Waals surface area contributed by atoms with Crippen LogP contribution in [0.5, 0.6) is 11.5 Å². The lowest BCUT2D eigenvalue weighted by molar-refractivity contribution is -0.138. The van der Waals surface area contributed by atoms with Gasteiger partial charge in [-0.05, 0) is 60.3 Å². The second-order valence-electron chi connectivity index (χ2n) is 6.80. The minimum Gasteiger partial charge on any atom is -0.503 e. The Balaban J connectivity index is 0.000000419. The van der Waals surface area contributed by atoms with Crippen molar-refractivity contribution in [1.82, 2.24) is 0 Å². The number of halogens is 1. The van der Waals surface area contributed by atoms with Gasteiger partial charge in [0.05, 0.1) is 11.6 Å². The van der Waals surface area contributed by atoms with Gasteiger partial charge in [0, 0.05) is 11.6 Å². The van der Waals surface area contributed by atoms with Crippen molar-refractivity contribution in [2.24, 2.45) is 17.2 Å². The molecule has 0 aliphatic heterocycles. The molecule has 0 spiro atoms. The van der Waals surface area contributed by atoms with E-state index in [0.29, 0.717) is 35.3 Å². The van der Waals surface area contributed by atoms with E-state index in [9.17, 15) is 14.7 Å². The molecule has 166 valence electrons. The van der Waals surface area contributed by atoms with Crippen LogP contribution in [0.3, 0.4) is 0 Å². The topological polar surface area (TPSA) is 162 Å². The van der Waals surface area contributed by atoms with Crippen molar-refractivity contribution in [2.75, 3.05) is 13.7 Å². The van der Waals surface area contributed by atoms with Crippen LogP contribution in [0.15, 0.2) is 16.6 Å². The summed E-state index contributed by atoms with van der Waals surface area (Å²) < 4.78 is 5.28. The summed E-state index contributed by atoms with van der Waals surface area (Å²) in [6.45, 7) is 0.604. The summed E-state index contributed by atoms with van der Waals surface area (Å²) in [5.41, 5.74) is 16.5. The van der Waals surface area contributed by atoms with Gasteiger partial charge < -0.3 is 32.2 Å². The number of carboxylic acid groups (broad SMARTS) is 1. The van der Waals surface area contributed by atoms with Gasteiger partial charge in [-0.1, -0.05) is 25.7 Å². The molecule has 8 N–H and O–H groups in total. The largest absolute Gasteiger partial charge is 0.503 e. The Kier molecular flexibility index (Phi) is 15.2.